The standard InChI is InChI=1S/C26H32N2O4/c1-16-4-7-24-20(12-16)22(29)14-26(32-24)8-10-28(11-9-26)15-23(30)25-17(2)27-21-6-5-18(31-3)13-19(21)25/h4-7,12-13,22-23,27,29-30H,8-11,14-15H2,1-3H3/t22-,23+/m0/s1. The fourth-order valence-corrected chi connectivity index (χ4v) is 5.43. The molecular weight excluding hydrogens is 404 g/mol. The summed E-state index contributed by atoms with van der Waals surface area (Å²) in [6, 6.07) is 12.0. The van der Waals surface area contributed by atoms with Gasteiger partial charge in [-0.1, -0.05) is 11.6 Å². The number of rotatable bonds is 4. The smallest absolute Gasteiger partial charge is 0.125 e. The van der Waals surface area contributed by atoms with E-state index < -0.39 is 12.2 Å². The molecule has 2 aromatic carbocycles. The number of hydrogen-bond acceptors (Lipinski definition) is 5. The van der Waals surface area contributed by atoms with Crippen LogP contribution in [-0.2, 0) is 0 Å². The Morgan fingerprint density at radius 3 is 2.72 bits per heavy atom. The molecule has 3 N–H and O–H groups in total. The predicted molar refractivity (Wildman–Crippen MR) is 124 cm³/mol. The zero-order chi connectivity index (χ0) is 22.5. The lowest BCUT2D eigenvalue weighted by Gasteiger charge is -2.46. The molecule has 0 amide bonds. The summed E-state index contributed by atoms with van der Waals surface area (Å²) in [7, 11) is 1.66. The van der Waals surface area contributed by atoms with Gasteiger partial charge in [0.1, 0.15) is 17.1 Å². The summed E-state index contributed by atoms with van der Waals surface area (Å²) in [4.78, 5) is 5.68. The first-order chi connectivity index (χ1) is 15.4. The third-order valence-corrected chi connectivity index (χ3v) is 7.19. The number of aromatic nitrogens is 1. The van der Waals surface area contributed by atoms with Crippen molar-refractivity contribution in [3.8, 4) is 11.5 Å². The highest BCUT2D eigenvalue weighted by molar-refractivity contribution is 5.86. The van der Waals surface area contributed by atoms with E-state index in [9.17, 15) is 10.2 Å². The number of aromatic amines is 1. The zero-order valence-corrected chi connectivity index (χ0v) is 19.0. The van der Waals surface area contributed by atoms with Crippen molar-refractivity contribution in [1.29, 1.82) is 0 Å². The van der Waals surface area contributed by atoms with Gasteiger partial charge in [0.2, 0.25) is 0 Å². The van der Waals surface area contributed by atoms with Gasteiger partial charge in [0.15, 0.2) is 0 Å². The van der Waals surface area contributed by atoms with Gasteiger partial charge in [0.25, 0.3) is 0 Å². The SMILES string of the molecule is COc1ccc2[nH]c(C)c([C@H](O)CN3CCC4(CC3)C[C@H](O)c3cc(C)ccc3O4)c2c1. The molecule has 3 aromatic rings. The first-order valence-electron chi connectivity index (χ1n) is 11.4. The van der Waals surface area contributed by atoms with Crippen LogP contribution in [0.15, 0.2) is 36.4 Å². The van der Waals surface area contributed by atoms with E-state index >= 15 is 0 Å². The van der Waals surface area contributed by atoms with E-state index in [0.29, 0.717) is 13.0 Å². The van der Waals surface area contributed by atoms with Crippen LogP contribution >= 0.6 is 0 Å². The molecule has 0 bridgehead atoms. The third kappa shape index (κ3) is 3.76. The van der Waals surface area contributed by atoms with Crippen LogP contribution in [-0.4, -0.2) is 52.4 Å². The highest BCUT2D eigenvalue weighted by Gasteiger charge is 2.43. The number of piperidine rings is 1. The summed E-state index contributed by atoms with van der Waals surface area (Å²) in [5, 5.41) is 22.9. The van der Waals surface area contributed by atoms with Gasteiger partial charge in [-0.25, -0.2) is 0 Å². The topological polar surface area (TPSA) is 78.0 Å². The van der Waals surface area contributed by atoms with E-state index in [-0.39, 0.29) is 5.60 Å². The van der Waals surface area contributed by atoms with Crippen LogP contribution in [0.5, 0.6) is 11.5 Å². The van der Waals surface area contributed by atoms with E-state index in [1.807, 2.05) is 50.2 Å². The highest BCUT2D eigenvalue weighted by Crippen LogP contribution is 2.44. The van der Waals surface area contributed by atoms with Gasteiger partial charge < -0.3 is 29.6 Å². The van der Waals surface area contributed by atoms with Crippen LogP contribution < -0.4 is 9.47 Å². The molecule has 0 aliphatic carbocycles. The third-order valence-electron chi connectivity index (χ3n) is 7.19. The van der Waals surface area contributed by atoms with Gasteiger partial charge in [-0.15, -0.1) is 0 Å². The van der Waals surface area contributed by atoms with Gasteiger partial charge >= 0.3 is 0 Å². The number of fused-ring (bicyclic) bond motifs is 2. The van der Waals surface area contributed by atoms with Crippen molar-refractivity contribution in [3.63, 3.8) is 0 Å². The minimum Gasteiger partial charge on any atom is -0.497 e. The van der Waals surface area contributed by atoms with Crippen molar-refractivity contribution in [2.75, 3.05) is 26.7 Å². The summed E-state index contributed by atoms with van der Waals surface area (Å²) in [5.74, 6) is 1.60. The second kappa shape index (κ2) is 8.10. The molecule has 170 valence electrons. The molecule has 1 fully saturated rings. The molecule has 32 heavy (non-hydrogen) atoms. The molecule has 3 heterocycles. The van der Waals surface area contributed by atoms with Crippen LogP contribution in [0.4, 0.5) is 0 Å². The first-order valence-corrected chi connectivity index (χ1v) is 11.4. The number of aliphatic hydroxyl groups is 2. The molecule has 2 aliphatic rings. The van der Waals surface area contributed by atoms with Crippen molar-refractivity contribution in [1.82, 2.24) is 9.88 Å². The van der Waals surface area contributed by atoms with Gasteiger partial charge in [-0.05, 0) is 57.0 Å². The number of ether oxygens (including phenoxy) is 2. The summed E-state index contributed by atoms with van der Waals surface area (Å²) in [6.45, 7) is 6.27. The van der Waals surface area contributed by atoms with Crippen molar-refractivity contribution < 1.29 is 19.7 Å². The number of benzene rings is 2. The molecule has 6 nitrogen and oxygen atoms in total. The van der Waals surface area contributed by atoms with E-state index in [0.717, 1.165) is 70.7 Å². The second-order valence-corrected chi connectivity index (χ2v) is 9.44. The average Bonchev–Trinajstić information content (AvgIpc) is 3.11. The first kappa shape index (κ1) is 21.3. The molecule has 5 rings (SSSR count). The lowest BCUT2D eigenvalue weighted by Crippen LogP contribution is -2.51. The number of aliphatic hydroxyl groups excluding tert-OH is 2. The molecule has 0 saturated carbocycles. The zero-order valence-electron chi connectivity index (χ0n) is 19.0. The van der Waals surface area contributed by atoms with Crippen molar-refractivity contribution >= 4 is 10.9 Å². The summed E-state index contributed by atoms with van der Waals surface area (Å²) in [6.07, 6.45) is 1.22. The van der Waals surface area contributed by atoms with Gasteiger partial charge in [0, 0.05) is 53.8 Å². The molecule has 1 spiro atoms. The summed E-state index contributed by atoms with van der Waals surface area (Å²) < 4.78 is 11.8. The summed E-state index contributed by atoms with van der Waals surface area (Å²) >= 11 is 0. The number of hydrogen-bond donors (Lipinski definition) is 3. The molecule has 2 atom stereocenters. The number of aryl methyl sites for hydroxylation is 2. The fraction of sp³-hybridized carbons (Fsp3) is 0.462. The Balaban J connectivity index is 1.28. The Labute approximate surface area is 188 Å². The Bertz CT molecular complexity index is 1130. The maximum absolute atomic E-state index is 11.1. The molecular formula is C26H32N2O4. The molecule has 0 unspecified atom stereocenters. The van der Waals surface area contributed by atoms with Crippen LogP contribution in [0.3, 0.4) is 0 Å². The Kier molecular flexibility index (Phi) is 5.40. The largest absolute Gasteiger partial charge is 0.497 e. The normalized spacial score (nSPS) is 21.3. The Hall–Kier alpha value is -2.54. The predicted octanol–water partition coefficient (Wildman–Crippen LogP) is 4.18. The van der Waals surface area contributed by atoms with E-state index in [2.05, 4.69) is 9.88 Å². The van der Waals surface area contributed by atoms with Crippen molar-refractivity contribution in [2.24, 2.45) is 0 Å². The van der Waals surface area contributed by atoms with Crippen LogP contribution in [0.2, 0.25) is 0 Å². The monoisotopic (exact) mass is 436 g/mol. The number of methoxy groups -OCH3 is 1. The highest BCUT2D eigenvalue weighted by atomic mass is 16.5. The number of nitrogens with one attached hydrogen (secondary N) is 1. The number of nitrogens with zero attached hydrogens (tertiary/aromatic N) is 1. The van der Waals surface area contributed by atoms with Crippen LogP contribution in [0, 0.1) is 13.8 Å². The Morgan fingerprint density at radius 1 is 1.19 bits per heavy atom. The molecule has 6 heteroatoms. The minimum atomic E-state index is -0.591. The van der Waals surface area contributed by atoms with E-state index in [1.165, 1.54) is 0 Å². The average molecular weight is 437 g/mol. The number of H-pyrrole nitrogens is 1. The van der Waals surface area contributed by atoms with Crippen molar-refractivity contribution in [3.05, 3.63) is 58.8 Å². The van der Waals surface area contributed by atoms with Crippen LogP contribution in [0.25, 0.3) is 10.9 Å². The fourth-order valence-electron chi connectivity index (χ4n) is 5.43. The van der Waals surface area contributed by atoms with E-state index in [4.69, 9.17) is 9.47 Å². The minimum absolute atomic E-state index is 0.326. The molecule has 1 aromatic heterocycles. The lowest BCUT2D eigenvalue weighted by molar-refractivity contribution is -0.0587. The van der Waals surface area contributed by atoms with E-state index in [1.54, 1.807) is 7.11 Å². The molecule has 0 radical (unpaired) electrons. The van der Waals surface area contributed by atoms with Gasteiger partial charge in [-0.2, -0.15) is 0 Å². The number of likely N-dealkylation sites (tertiary alicyclic amines) is 1. The van der Waals surface area contributed by atoms with Gasteiger partial charge in [-0.3, -0.25) is 0 Å². The van der Waals surface area contributed by atoms with Crippen molar-refractivity contribution in [2.45, 2.75) is 50.9 Å². The Morgan fingerprint density at radius 2 is 1.97 bits per heavy atom. The van der Waals surface area contributed by atoms with Gasteiger partial charge in [0.05, 0.1) is 19.3 Å². The maximum atomic E-state index is 11.1. The molecule has 2 aliphatic heterocycles. The quantitative estimate of drug-likeness (QED) is 0.572. The lowest BCUT2D eigenvalue weighted by atomic mass is 9.81. The summed E-state index contributed by atoms with van der Waals surface area (Å²) in [5.41, 5.74) is 4.64. The van der Waals surface area contributed by atoms with Crippen LogP contribution in [0.1, 0.15) is 53.9 Å². The second-order valence-electron chi connectivity index (χ2n) is 9.44. The number of β-amino-alcohol motifs (C(OH)–C–C–N with tert-alkyl or cyclic N) is 1. The maximum Gasteiger partial charge on any atom is 0.125 e. The molecule has 1 saturated heterocycles.